The van der Waals surface area contributed by atoms with E-state index in [0.29, 0.717) is 5.75 Å². The third kappa shape index (κ3) is 1.47. The molecule has 2 heterocycles. The van der Waals surface area contributed by atoms with Crippen molar-refractivity contribution >= 4 is 39.3 Å². The molecule has 0 saturated heterocycles. The molecule has 0 bridgehead atoms. The van der Waals surface area contributed by atoms with Crippen LogP contribution in [0.3, 0.4) is 0 Å². The van der Waals surface area contributed by atoms with Gasteiger partial charge in [-0.15, -0.1) is 0 Å². The van der Waals surface area contributed by atoms with Crippen molar-refractivity contribution in [2.75, 3.05) is 11.1 Å². The van der Waals surface area contributed by atoms with Crippen molar-refractivity contribution in [1.82, 2.24) is 4.98 Å². The van der Waals surface area contributed by atoms with Gasteiger partial charge < -0.3 is 5.32 Å². The molecule has 0 spiro atoms. The molecule has 1 aromatic heterocycles. The zero-order valence-corrected chi connectivity index (χ0v) is 8.41. The molecule has 12 heavy (non-hydrogen) atoms. The first kappa shape index (κ1) is 8.07. The van der Waals surface area contributed by atoms with E-state index >= 15 is 0 Å². The number of thioether (sulfide) groups is 1. The summed E-state index contributed by atoms with van der Waals surface area (Å²) in [6.07, 6.45) is 1.73. The van der Waals surface area contributed by atoms with Crippen molar-refractivity contribution in [3.8, 4) is 0 Å². The molecule has 2 rings (SSSR count). The summed E-state index contributed by atoms with van der Waals surface area (Å²) < 4.78 is 0.879. The summed E-state index contributed by atoms with van der Waals surface area (Å²) in [5, 5.41) is 3.64. The summed E-state index contributed by atoms with van der Waals surface area (Å²) in [5.74, 6) is 0.495. The highest BCUT2D eigenvalue weighted by molar-refractivity contribution is 9.10. The maximum atomic E-state index is 11.0. The third-order valence-corrected chi connectivity index (χ3v) is 2.87. The lowest BCUT2D eigenvalue weighted by Crippen LogP contribution is -2.19. The smallest absolute Gasteiger partial charge is 0.234 e. The van der Waals surface area contributed by atoms with E-state index in [2.05, 4.69) is 26.2 Å². The highest BCUT2D eigenvalue weighted by atomic mass is 79.9. The lowest BCUT2D eigenvalue weighted by atomic mass is 10.4. The number of nitrogens with zero attached hydrogens (tertiary/aromatic N) is 1. The fraction of sp³-hybridized carbons (Fsp3) is 0.143. The van der Waals surface area contributed by atoms with Crippen LogP contribution >= 0.6 is 27.7 Å². The van der Waals surface area contributed by atoms with Crippen LogP contribution in [0.15, 0.2) is 21.8 Å². The fourth-order valence-corrected chi connectivity index (χ4v) is 2.02. The number of anilines is 1. The number of halogens is 1. The molecule has 1 aliphatic rings. The van der Waals surface area contributed by atoms with E-state index in [1.807, 2.05) is 6.07 Å². The molecule has 0 saturated carbocycles. The molecule has 1 amide bonds. The number of carbonyl (C=O) groups excluding carboxylic acids is 1. The number of fused-ring (bicyclic) bond motifs is 1. The Labute approximate surface area is 82.1 Å². The van der Waals surface area contributed by atoms with Crippen molar-refractivity contribution in [2.45, 2.75) is 5.03 Å². The molecular formula is C7H5BrN2OS. The topological polar surface area (TPSA) is 42.0 Å². The molecule has 0 atom stereocenters. The van der Waals surface area contributed by atoms with E-state index in [4.69, 9.17) is 0 Å². The average molecular weight is 245 g/mol. The van der Waals surface area contributed by atoms with Crippen LogP contribution in [0.5, 0.6) is 0 Å². The second-order valence-corrected chi connectivity index (χ2v) is 4.22. The van der Waals surface area contributed by atoms with Crippen LogP contribution in [-0.4, -0.2) is 16.6 Å². The van der Waals surface area contributed by atoms with Crippen molar-refractivity contribution in [3.05, 3.63) is 16.7 Å². The van der Waals surface area contributed by atoms with Crippen LogP contribution in [0.25, 0.3) is 0 Å². The minimum absolute atomic E-state index is 0.0346. The number of rotatable bonds is 0. The van der Waals surface area contributed by atoms with Gasteiger partial charge in [0.1, 0.15) is 5.03 Å². The summed E-state index contributed by atoms with van der Waals surface area (Å²) in [7, 11) is 0. The fourth-order valence-electron chi connectivity index (χ4n) is 0.951. The molecule has 1 aromatic rings. The number of hydrogen-bond acceptors (Lipinski definition) is 3. The van der Waals surface area contributed by atoms with Gasteiger partial charge in [0.25, 0.3) is 0 Å². The number of carbonyl (C=O) groups is 1. The summed E-state index contributed by atoms with van der Waals surface area (Å²) in [4.78, 5) is 15.1. The van der Waals surface area contributed by atoms with Crippen molar-refractivity contribution < 1.29 is 4.79 Å². The Bertz CT molecular complexity index is 342. The lowest BCUT2D eigenvalue weighted by Gasteiger charge is -2.14. The highest BCUT2D eigenvalue weighted by Crippen LogP contribution is 2.30. The van der Waals surface area contributed by atoms with Gasteiger partial charge >= 0.3 is 0 Å². The zero-order chi connectivity index (χ0) is 8.55. The number of pyridine rings is 1. The molecule has 0 aromatic carbocycles. The van der Waals surface area contributed by atoms with E-state index in [-0.39, 0.29) is 5.91 Å². The van der Waals surface area contributed by atoms with Gasteiger partial charge in [-0.2, -0.15) is 0 Å². The number of amides is 1. The maximum absolute atomic E-state index is 11.0. The molecule has 5 heteroatoms. The van der Waals surface area contributed by atoms with Crippen LogP contribution in [0.2, 0.25) is 0 Å². The van der Waals surface area contributed by atoms with Gasteiger partial charge in [0.2, 0.25) is 5.91 Å². The lowest BCUT2D eigenvalue weighted by molar-refractivity contribution is -0.113. The predicted octanol–water partition coefficient (Wildman–Crippen LogP) is 1.89. The Balaban J connectivity index is 2.44. The van der Waals surface area contributed by atoms with Crippen molar-refractivity contribution in [2.24, 2.45) is 0 Å². The van der Waals surface area contributed by atoms with E-state index in [0.717, 1.165) is 15.2 Å². The van der Waals surface area contributed by atoms with Gasteiger partial charge in [0.05, 0.1) is 11.4 Å². The number of hydrogen-bond donors (Lipinski definition) is 1. The molecule has 62 valence electrons. The summed E-state index contributed by atoms with van der Waals surface area (Å²) in [6, 6.07) is 1.85. The molecule has 1 aliphatic heterocycles. The zero-order valence-electron chi connectivity index (χ0n) is 6.00. The SMILES string of the molecule is O=C1CSc2ncc(Br)cc2N1. The first-order valence-electron chi connectivity index (χ1n) is 3.34. The van der Waals surface area contributed by atoms with Gasteiger partial charge in [0, 0.05) is 10.7 Å². The van der Waals surface area contributed by atoms with Crippen LogP contribution in [0.1, 0.15) is 0 Å². The molecule has 0 unspecified atom stereocenters. The van der Waals surface area contributed by atoms with E-state index in [1.54, 1.807) is 6.20 Å². The average Bonchev–Trinajstić information content (AvgIpc) is 2.03. The Hall–Kier alpha value is -0.550. The Kier molecular flexibility index (Phi) is 2.06. The standard InChI is InChI=1S/C7H5BrN2OS/c8-4-1-5-7(9-2-4)12-3-6(11)10-5/h1-2H,3H2,(H,10,11). The van der Waals surface area contributed by atoms with Crippen LogP contribution < -0.4 is 5.32 Å². The van der Waals surface area contributed by atoms with Gasteiger partial charge in [0.15, 0.2) is 0 Å². The van der Waals surface area contributed by atoms with Crippen LogP contribution in [-0.2, 0) is 4.79 Å². The normalized spacial score (nSPS) is 15.2. The maximum Gasteiger partial charge on any atom is 0.234 e. The van der Waals surface area contributed by atoms with Crippen LogP contribution in [0, 0.1) is 0 Å². The molecule has 1 N–H and O–H groups in total. The van der Waals surface area contributed by atoms with E-state index < -0.39 is 0 Å². The quantitative estimate of drug-likeness (QED) is 0.758. The second-order valence-electron chi connectivity index (χ2n) is 2.34. The van der Waals surface area contributed by atoms with Gasteiger partial charge in [-0.25, -0.2) is 4.98 Å². The number of nitrogens with one attached hydrogen (secondary N) is 1. The molecule has 3 nitrogen and oxygen atoms in total. The highest BCUT2D eigenvalue weighted by Gasteiger charge is 2.15. The summed E-state index contributed by atoms with van der Waals surface area (Å²) >= 11 is 4.75. The second kappa shape index (κ2) is 3.06. The van der Waals surface area contributed by atoms with Crippen molar-refractivity contribution in [3.63, 3.8) is 0 Å². The summed E-state index contributed by atoms with van der Waals surface area (Å²) in [5.41, 5.74) is 0.797. The minimum atomic E-state index is 0.0346. The van der Waals surface area contributed by atoms with Crippen LogP contribution in [0.4, 0.5) is 5.69 Å². The predicted molar refractivity (Wildman–Crippen MR) is 51.3 cm³/mol. The number of aromatic nitrogens is 1. The molecular weight excluding hydrogens is 240 g/mol. The Morgan fingerprint density at radius 3 is 3.33 bits per heavy atom. The Morgan fingerprint density at radius 1 is 1.67 bits per heavy atom. The monoisotopic (exact) mass is 244 g/mol. The summed E-state index contributed by atoms with van der Waals surface area (Å²) in [6.45, 7) is 0. The van der Waals surface area contributed by atoms with E-state index in [1.165, 1.54) is 11.8 Å². The van der Waals surface area contributed by atoms with E-state index in [9.17, 15) is 4.79 Å². The molecule has 0 fully saturated rings. The Morgan fingerprint density at radius 2 is 2.50 bits per heavy atom. The third-order valence-electron chi connectivity index (χ3n) is 1.43. The van der Waals surface area contributed by atoms with Crippen molar-refractivity contribution in [1.29, 1.82) is 0 Å². The minimum Gasteiger partial charge on any atom is -0.323 e. The van der Waals surface area contributed by atoms with Gasteiger partial charge in [-0.1, -0.05) is 11.8 Å². The van der Waals surface area contributed by atoms with Gasteiger partial charge in [-0.3, -0.25) is 4.79 Å². The van der Waals surface area contributed by atoms with Gasteiger partial charge in [-0.05, 0) is 22.0 Å². The molecule has 0 aliphatic carbocycles. The molecule has 0 radical (unpaired) electrons. The first-order chi connectivity index (χ1) is 5.75. The first-order valence-corrected chi connectivity index (χ1v) is 5.12. The largest absolute Gasteiger partial charge is 0.323 e.